The molecule has 3 aromatic carbocycles. The van der Waals surface area contributed by atoms with E-state index in [2.05, 4.69) is 22.0 Å². The Labute approximate surface area is 268 Å². The molecule has 234 valence electrons. The Hall–Kier alpha value is -3.73. The van der Waals surface area contributed by atoms with Crippen LogP contribution in [0.4, 0.5) is 10.1 Å². The van der Waals surface area contributed by atoms with Gasteiger partial charge in [0.15, 0.2) is 0 Å². The maximum absolute atomic E-state index is 14.0. The second kappa shape index (κ2) is 11.9. The summed E-state index contributed by atoms with van der Waals surface area (Å²) in [6.07, 6.45) is 6.94. The number of aryl methyl sites for hydroxylation is 1. The SMILES string of the molecule is Cn1cnc(-c2ccc(S(=O)(=O)N3CCC(c4ccccc4)CC3)cc2N2C3CCC2CN(C(=O)c2ccc(F)cc2Cl)C3)c1. The summed E-state index contributed by atoms with van der Waals surface area (Å²) in [5, 5.41) is 0.0953. The monoisotopic (exact) mass is 647 g/mol. The minimum absolute atomic E-state index is 0.0195. The number of sulfonamides is 1. The molecule has 8 nitrogen and oxygen atoms in total. The first-order valence-corrected chi connectivity index (χ1v) is 17.2. The van der Waals surface area contributed by atoms with Crippen molar-refractivity contribution in [2.75, 3.05) is 31.1 Å². The lowest BCUT2D eigenvalue weighted by Gasteiger charge is -2.43. The molecule has 1 amide bonds. The van der Waals surface area contributed by atoms with Crippen molar-refractivity contribution in [3.63, 3.8) is 0 Å². The molecule has 0 aliphatic carbocycles. The number of carbonyl (C=O) groups excluding carboxylic acids is 1. The number of halogens is 2. The van der Waals surface area contributed by atoms with Crippen molar-refractivity contribution >= 4 is 33.2 Å². The van der Waals surface area contributed by atoms with Gasteiger partial charge in [0.2, 0.25) is 10.0 Å². The van der Waals surface area contributed by atoms with Crippen LogP contribution in [0.15, 0.2) is 84.1 Å². The zero-order valence-electron chi connectivity index (χ0n) is 25.0. The first-order valence-electron chi connectivity index (χ1n) is 15.4. The quantitative estimate of drug-likeness (QED) is 0.259. The van der Waals surface area contributed by atoms with Crippen LogP contribution in [0, 0.1) is 5.82 Å². The number of rotatable bonds is 6. The van der Waals surface area contributed by atoms with Crippen LogP contribution in [-0.2, 0) is 17.1 Å². The lowest BCUT2D eigenvalue weighted by molar-refractivity contribution is 0.0718. The van der Waals surface area contributed by atoms with Gasteiger partial charge in [0.25, 0.3) is 5.91 Å². The topological polar surface area (TPSA) is 78.8 Å². The van der Waals surface area contributed by atoms with Gasteiger partial charge in [-0.25, -0.2) is 17.8 Å². The predicted molar refractivity (Wildman–Crippen MR) is 172 cm³/mol. The number of nitrogens with zero attached hydrogens (tertiary/aromatic N) is 5. The van der Waals surface area contributed by atoms with Crippen LogP contribution in [0.1, 0.15) is 47.5 Å². The van der Waals surface area contributed by atoms with Crippen molar-refractivity contribution < 1.29 is 17.6 Å². The van der Waals surface area contributed by atoms with Gasteiger partial charge in [-0.05, 0) is 73.6 Å². The van der Waals surface area contributed by atoms with Crippen LogP contribution < -0.4 is 4.90 Å². The average Bonchev–Trinajstić information content (AvgIpc) is 3.59. The third kappa shape index (κ3) is 5.64. The van der Waals surface area contributed by atoms with Crippen LogP contribution >= 0.6 is 11.6 Å². The lowest BCUT2D eigenvalue weighted by Crippen LogP contribution is -2.55. The molecular formula is C34H35ClFN5O3S. The fraction of sp³-hybridized carbons (Fsp3) is 0.353. The van der Waals surface area contributed by atoms with Gasteiger partial charge in [-0.3, -0.25) is 4.79 Å². The molecule has 0 N–H and O–H groups in total. The van der Waals surface area contributed by atoms with Gasteiger partial charge in [0, 0.05) is 62.8 Å². The van der Waals surface area contributed by atoms with Crippen LogP contribution in [0.5, 0.6) is 0 Å². The van der Waals surface area contributed by atoms with E-state index < -0.39 is 15.8 Å². The highest BCUT2D eigenvalue weighted by atomic mass is 35.5. The minimum atomic E-state index is -3.73. The molecule has 45 heavy (non-hydrogen) atoms. The molecule has 3 fully saturated rings. The summed E-state index contributed by atoms with van der Waals surface area (Å²) >= 11 is 6.24. The Bertz CT molecular complexity index is 1830. The number of amides is 1. The van der Waals surface area contributed by atoms with Crippen molar-refractivity contribution in [3.8, 4) is 11.3 Å². The second-order valence-electron chi connectivity index (χ2n) is 12.3. The Kier molecular flexibility index (Phi) is 7.91. The highest BCUT2D eigenvalue weighted by molar-refractivity contribution is 7.89. The summed E-state index contributed by atoms with van der Waals surface area (Å²) < 4.78 is 45.2. The maximum Gasteiger partial charge on any atom is 0.255 e. The summed E-state index contributed by atoms with van der Waals surface area (Å²) in [5.74, 6) is -0.366. The molecule has 2 atom stereocenters. The molecule has 4 heterocycles. The van der Waals surface area contributed by atoms with Gasteiger partial charge < -0.3 is 14.4 Å². The minimum Gasteiger partial charge on any atom is -0.361 e. The Morgan fingerprint density at radius 3 is 2.29 bits per heavy atom. The van der Waals surface area contributed by atoms with Crippen LogP contribution in [-0.4, -0.2) is 71.3 Å². The number of piperazine rings is 1. The number of likely N-dealkylation sites (tertiary alicyclic amines) is 1. The van der Waals surface area contributed by atoms with Gasteiger partial charge in [-0.2, -0.15) is 4.31 Å². The third-order valence-corrected chi connectivity index (χ3v) is 11.7. The van der Waals surface area contributed by atoms with E-state index in [1.807, 2.05) is 48.1 Å². The predicted octanol–water partition coefficient (Wildman–Crippen LogP) is 5.94. The smallest absolute Gasteiger partial charge is 0.255 e. The second-order valence-corrected chi connectivity index (χ2v) is 14.7. The van der Waals surface area contributed by atoms with Gasteiger partial charge in [-0.15, -0.1) is 0 Å². The number of piperidine rings is 1. The van der Waals surface area contributed by atoms with E-state index >= 15 is 0 Å². The first kappa shape index (κ1) is 30.0. The van der Waals surface area contributed by atoms with E-state index in [1.54, 1.807) is 21.6 Å². The highest BCUT2D eigenvalue weighted by Gasteiger charge is 2.43. The maximum atomic E-state index is 14.0. The number of benzene rings is 3. The standard InChI is InChI=1S/C34H35ClFN5O3S/c1-38-21-32(37-22-38)30-12-10-28(45(43,44)40-15-13-24(14-16-40)23-5-3-2-4-6-23)18-33(30)41-26-8-9-27(41)20-39(19-26)34(42)29-11-7-25(36)17-31(29)35/h2-7,10-12,17-18,21-22,24,26-27H,8-9,13-16,19-20H2,1H3. The zero-order chi connectivity index (χ0) is 31.3. The molecule has 3 aliphatic heterocycles. The van der Waals surface area contributed by atoms with Crippen LogP contribution in [0.3, 0.4) is 0 Å². The molecular weight excluding hydrogens is 613 g/mol. The molecule has 7 rings (SSSR count). The summed E-state index contributed by atoms with van der Waals surface area (Å²) in [5.41, 5.74) is 3.97. The Morgan fingerprint density at radius 2 is 1.64 bits per heavy atom. The van der Waals surface area contributed by atoms with E-state index in [-0.39, 0.29) is 33.5 Å². The fourth-order valence-electron chi connectivity index (χ4n) is 7.25. The number of fused-ring (bicyclic) bond motifs is 2. The Balaban J connectivity index is 1.18. The molecule has 3 aliphatic rings. The van der Waals surface area contributed by atoms with E-state index in [0.29, 0.717) is 32.1 Å². The van der Waals surface area contributed by atoms with Crippen molar-refractivity contribution in [2.24, 2.45) is 7.05 Å². The largest absolute Gasteiger partial charge is 0.361 e. The first-order chi connectivity index (χ1) is 21.7. The molecule has 1 aromatic heterocycles. The average molecular weight is 648 g/mol. The molecule has 0 saturated carbocycles. The lowest BCUT2D eigenvalue weighted by atomic mass is 9.90. The molecule has 2 unspecified atom stereocenters. The summed E-state index contributed by atoms with van der Waals surface area (Å²) in [7, 11) is -1.83. The van der Waals surface area contributed by atoms with E-state index in [9.17, 15) is 17.6 Å². The number of aromatic nitrogens is 2. The molecule has 3 saturated heterocycles. The Morgan fingerprint density at radius 1 is 0.933 bits per heavy atom. The van der Waals surface area contributed by atoms with Crippen molar-refractivity contribution in [2.45, 2.75) is 48.6 Å². The summed E-state index contributed by atoms with van der Waals surface area (Å²) in [4.78, 5) is 22.4. The van der Waals surface area contributed by atoms with Gasteiger partial charge >= 0.3 is 0 Å². The fourth-order valence-corrected chi connectivity index (χ4v) is 8.99. The number of carbonyl (C=O) groups is 1. The van der Waals surface area contributed by atoms with Crippen molar-refractivity contribution in [1.29, 1.82) is 0 Å². The molecule has 4 aromatic rings. The normalized spacial score (nSPS) is 21.0. The van der Waals surface area contributed by atoms with E-state index in [0.717, 1.165) is 48.7 Å². The molecule has 0 radical (unpaired) electrons. The summed E-state index contributed by atoms with van der Waals surface area (Å²) in [6, 6.07) is 19.5. The third-order valence-electron chi connectivity index (χ3n) is 9.52. The van der Waals surface area contributed by atoms with Crippen molar-refractivity contribution in [3.05, 3.63) is 101 Å². The number of imidazole rings is 1. The van der Waals surface area contributed by atoms with Gasteiger partial charge in [0.05, 0.1) is 27.5 Å². The summed E-state index contributed by atoms with van der Waals surface area (Å²) in [6.45, 7) is 1.84. The van der Waals surface area contributed by atoms with Crippen LogP contribution in [0.2, 0.25) is 5.02 Å². The highest BCUT2D eigenvalue weighted by Crippen LogP contribution is 2.42. The number of hydrogen-bond donors (Lipinski definition) is 0. The van der Waals surface area contributed by atoms with Gasteiger partial charge in [-0.1, -0.05) is 41.9 Å². The molecule has 0 spiro atoms. The van der Waals surface area contributed by atoms with Crippen molar-refractivity contribution in [1.82, 2.24) is 18.8 Å². The van der Waals surface area contributed by atoms with E-state index in [4.69, 9.17) is 11.6 Å². The van der Waals surface area contributed by atoms with Crippen LogP contribution in [0.25, 0.3) is 11.3 Å². The number of anilines is 1. The molecule has 2 bridgehead atoms. The number of hydrogen-bond acceptors (Lipinski definition) is 5. The molecule has 11 heteroatoms. The zero-order valence-corrected chi connectivity index (χ0v) is 26.6. The van der Waals surface area contributed by atoms with Gasteiger partial charge in [0.1, 0.15) is 5.82 Å². The van der Waals surface area contributed by atoms with E-state index in [1.165, 1.54) is 17.7 Å².